The molecular weight excluding hydrogens is 244 g/mol. The Kier molecular flexibility index (Phi) is 5.50. The summed E-state index contributed by atoms with van der Waals surface area (Å²) in [5.41, 5.74) is 0.246. The SMILES string of the molecule is C=C(C)C(=O)OCC(=O)O[C@H]1CSC[C@@H](C)O1. The van der Waals surface area contributed by atoms with Crippen LogP contribution >= 0.6 is 11.8 Å². The molecule has 0 saturated carbocycles. The molecule has 1 saturated heterocycles. The molecule has 0 bridgehead atoms. The van der Waals surface area contributed by atoms with Gasteiger partial charge in [-0.05, 0) is 13.8 Å². The number of carbonyl (C=O) groups excluding carboxylic acids is 2. The molecule has 0 amide bonds. The van der Waals surface area contributed by atoms with Gasteiger partial charge in [-0.1, -0.05) is 6.58 Å². The van der Waals surface area contributed by atoms with Crippen molar-refractivity contribution < 1.29 is 23.8 Å². The van der Waals surface area contributed by atoms with Gasteiger partial charge >= 0.3 is 11.9 Å². The third-order valence-electron chi connectivity index (χ3n) is 1.92. The second kappa shape index (κ2) is 6.66. The van der Waals surface area contributed by atoms with Crippen molar-refractivity contribution in [2.24, 2.45) is 0 Å². The molecule has 6 heteroatoms. The first-order valence-corrected chi connectivity index (χ1v) is 6.40. The van der Waals surface area contributed by atoms with E-state index in [1.807, 2.05) is 6.92 Å². The van der Waals surface area contributed by atoms with Crippen molar-refractivity contribution in [2.45, 2.75) is 26.2 Å². The fourth-order valence-corrected chi connectivity index (χ4v) is 2.04. The Labute approximate surface area is 104 Å². The maximum Gasteiger partial charge on any atom is 0.346 e. The van der Waals surface area contributed by atoms with Crippen LogP contribution in [0.2, 0.25) is 0 Å². The Balaban J connectivity index is 2.25. The average molecular weight is 260 g/mol. The quantitative estimate of drug-likeness (QED) is 0.558. The summed E-state index contributed by atoms with van der Waals surface area (Å²) >= 11 is 1.66. The van der Waals surface area contributed by atoms with Crippen LogP contribution in [0.25, 0.3) is 0 Å². The topological polar surface area (TPSA) is 61.8 Å². The van der Waals surface area contributed by atoms with Gasteiger partial charge in [-0.25, -0.2) is 9.59 Å². The Morgan fingerprint density at radius 1 is 1.47 bits per heavy atom. The lowest BCUT2D eigenvalue weighted by Gasteiger charge is -2.26. The molecule has 0 radical (unpaired) electrons. The number of rotatable bonds is 4. The molecule has 1 rings (SSSR count). The second-order valence-corrected chi connectivity index (χ2v) is 4.83. The van der Waals surface area contributed by atoms with E-state index in [4.69, 9.17) is 9.47 Å². The minimum absolute atomic E-state index is 0.0597. The van der Waals surface area contributed by atoms with Crippen LogP contribution in [0, 0.1) is 0 Å². The van der Waals surface area contributed by atoms with E-state index >= 15 is 0 Å². The largest absolute Gasteiger partial charge is 0.450 e. The first kappa shape index (κ1) is 14.1. The highest BCUT2D eigenvalue weighted by Crippen LogP contribution is 2.18. The Bertz CT molecular complexity index is 315. The number of hydrogen-bond donors (Lipinski definition) is 0. The van der Waals surface area contributed by atoms with Gasteiger partial charge in [0, 0.05) is 11.3 Å². The summed E-state index contributed by atoms with van der Waals surface area (Å²) in [6.07, 6.45) is -0.496. The third kappa shape index (κ3) is 5.23. The Morgan fingerprint density at radius 2 is 2.18 bits per heavy atom. The third-order valence-corrected chi connectivity index (χ3v) is 3.14. The van der Waals surface area contributed by atoms with Gasteiger partial charge in [0.15, 0.2) is 6.61 Å². The maximum atomic E-state index is 11.3. The van der Waals surface area contributed by atoms with Crippen LogP contribution in [0.3, 0.4) is 0 Å². The highest BCUT2D eigenvalue weighted by Gasteiger charge is 2.23. The first-order valence-electron chi connectivity index (χ1n) is 5.24. The van der Waals surface area contributed by atoms with Crippen molar-refractivity contribution in [1.29, 1.82) is 0 Å². The number of esters is 2. The fourth-order valence-electron chi connectivity index (χ4n) is 1.16. The molecule has 1 heterocycles. The highest BCUT2D eigenvalue weighted by atomic mass is 32.2. The summed E-state index contributed by atoms with van der Waals surface area (Å²) < 4.78 is 15.1. The van der Waals surface area contributed by atoms with Crippen molar-refractivity contribution >= 4 is 23.7 Å². The summed E-state index contributed by atoms with van der Waals surface area (Å²) in [5, 5.41) is 0. The van der Waals surface area contributed by atoms with Crippen molar-refractivity contribution in [3.05, 3.63) is 12.2 Å². The van der Waals surface area contributed by atoms with Gasteiger partial charge in [0.1, 0.15) is 0 Å². The number of thioether (sulfide) groups is 1. The van der Waals surface area contributed by atoms with Gasteiger partial charge in [-0.15, -0.1) is 0 Å². The summed E-state index contributed by atoms with van der Waals surface area (Å²) in [7, 11) is 0. The predicted octanol–water partition coefficient (Wildman–Crippen LogP) is 1.13. The van der Waals surface area contributed by atoms with Crippen LogP contribution in [0.1, 0.15) is 13.8 Å². The molecule has 1 aliphatic heterocycles. The standard InChI is InChI=1S/C11H16O5S/c1-7(2)11(13)14-4-9(12)16-10-6-17-5-8(3)15-10/h8,10H,1,4-6H2,2-3H3/t8-,10+/m1/s1. The van der Waals surface area contributed by atoms with E-state index in [0.717, 1.165) is 5.75 Å². The molecule has 1 aliphatic rings. The van der Waals surface area contributed by atoms with E-state index in [1.54, 1.807) is 11.8 Å². The molecule has 0 aliphatic carbocycles. The molecule has 17 heavy (non-hydrogen) atoms. The van der Waals surface area contributed by atoms with E-state index < -0.39 is 24.8 Å². The van der Waals surface area contributed by atoms with Gasteiger partial charge in [-0.2, -0.15) is 11.8 Å². The Hall–Kier alpha value is -1.01. The molecule has 96 valence electrons. The number of carbonyl (C=O) groups is 2. The van der Waals surface area contributed by atoms with E-state index in [2.05, 4.69) is 11.3 Å². The normalized spacial score (nSPS) is 23.9. The second-order valence-electron chi connectivity index (χ2n) is 3.76. The van der Waals surface area contributed by atoms with Crippen molar-refractivity contribution in [3.63, 3.8) is 0 Å². The monoisotopic (exact) mass is 260 g/mol. The lowest BCUT2D eigenvalue weighted by atomic mass is 10.4. The molecule has 1 fully saturated rings. The lowest BCUT2D eigenvalue weighted by Crippen LogP contribution is -2.34. The van der Waals surface area contributed by atoms with Crippen molar-refractivity contribution in [1.82, 2.24) is 0 Å². The van der Waals surface area contributed by atoms with E-state index in [0.29, 0.717) is 5.75 Å². The summed E-state index contributed by atoms with van der Waals surface area (Å²) in [6.45, 7) is 6.41. The molecule has 0 aromatic rings. The van der Waals surface area contributed by atoms with Gasteiger partial charge < -0.3 is 14.2 Å². The van der Waals surface area contributed by atoms with Gasteiger partial charge in [0.25, 0.3) is 0 Å². The van der Waals surface area contributed by atoms with Crippen LogP contribution in [0.5, 0.6) is 0 Å². The zero-order valence-corrected chi connectivity index (χ0v) is 10.7. The molecule has 0 aromatic carbocycles. The lowest BCUT2D eigenvalue weighted by molar-refractivity contribution is -0.187. The molecule has 5 nitrogen and oxygen atoms in total. The maximum absolute atomic E-state index is 11.3. The van der Waals surface area contributed by atoms with Crippen molar-refractivity contribution in [3.8, 4) is 0 Å². The van der Waals surface area contributed by atoms with Crippen LogP contribution in [0.15, 0.2) is 12.2 Å². The zero-order chi connectivity index (χ0) is 12.8. The van der Waals surface area contributed by atoms with Crippen LogP contribution in [0.4, 0.5) is 0 Å². The first-order chi connectivity index (χ1) is 7.99. The molecule has 0 unspecified atom stereocenters. The average Bonchev–Trinajstić information content (AvgIpc) is 2.25. The minimum Gasteiger partial charge on any atom is -0.450 e. The molecular formula is C11H16O5S. The number of ether oxygens (including phenoxy) is 3. The smallest absolute Gasteiger partial charge is 0.346 e. The van der Waals surface area contributed by atoms with E-state index in [-0.39, 0.29) is 11.7 Å². The molecule has 2 atom stereocenters. The van der Waals surface area contributed by atoms with Gasteiger partial charge in [-0.3, -0.25) is 0 Å². The van der Waals surface area contributed by atoms with Gasteiger partial charge in [0.05, 0.1) is 11.9 Å². The van der Waals surface area contributed by atoms with Gasteiger partial charge in [0.2, 0.25) is 6.29 Å². The fraction of sp³-hybridized carbons (Fsp3) is 0.636. The van der Waals surface area contributed by atoms with Crippen LogP contribution in [-0.2, 0) is 23.8 Å². The summed E-state index contributed by atoms with van der Waals surface area (Å²) in [6, 6.07) is 0. The minimum atomic E-state index is -0.612. The predicted molar refractivity (Wildman–Crippen MR) is 63.5 cm³/mol. The molecule has 0 aromatic heterocycles. The molecule has 0 spiro atoms. The molecule has 0 N–H and O–H groups in total. The van der Waals surface area contributed by atoms with Crippen LogP contribution < -0.4 is 0 Å². The summed E-state index contributed by atoms with van der Waals surface area (Å²) in [5.74, 6) is 0.275. The Morgan fingerprint density at radius 3 is 2.76 bits per heavy atom. The van der Waals surface area contributed by atoms with E-state index in [9.17, 15) is 9.59 Å². The van der Waals surface area contributed by atoms with Crippen molar-refractivity contribution in [2.75, 3.05) is 18.1 Å². The summed E-state index contributed by atoms with van der Waals surface area (Å²) in [4.78, 5) is 22.4. The zero-order valence-electron chi connectivity index (χ0n) is 9.93. The van der Waals surface area contributed by atoms with Crippen LogP contribution in [-0.4, -0.2) is 42.4 Å². The van der Waals surface area contributed by atoms with E-state index in [1.165, 1.54) is 6.92 Å². The highest BCUT2D eigenvalue weighted by molar-refractivity contribution is 7.99. The number of hydrogen-bond acceptors (Lipinski definition) is 6.